The summed E-state index contributed by atoms with van der Waals surface area (Å²) in [5, 5.41) is 43.9. The van der Waals surface area contributed by atoms with E-state index in [4.69, 9.17) is 25.5 Å². The van der Waals surface area contributed by atoms with Crippen LogP contribution >= 0.6 is 11.6 Å². The highest BCUT2D eigenvalue weighted by molar-refractivity contribution is 6.99. The van der Waals surface area contributed by atoms with E-state index in [2.05, 4.69) is 45.0 Å². The van der Waals surface area contributed by atoms with Gasteiger partial charge in [-0.25, -0.2) is 0 Å². The van der Waals surface area contributed by atoms with E-state index in [1.807, 2.05) is 36.4 Å². The zero-order chi connectivity index (χ0) is 28.4. The number of methoxy groups -OCH3 is 1. The SMILES string of the molecule is CO[C@@]1(c2ccc(Cl)c(CO[Si](c3ccccc3)(c3ccccc3)C(C)(C)C)c2)OC(CO)[C@@H](O)[C@H](O)C1O. The van der Waals surface area contributed by atoms with Crippen LogP contribution in [0.25, 0.3) is 0 Å². The molecule has 0 aromatic heterocycles. The molecule has 39 heavy (non-hydrogen) atoms. The van der Waals surface area contributed by atoms with Gasteiger partial charge in [-0.2, -0.15) is 0 Å². The van der Waals surface area contributed by atoms with Crippen LogP contribution in [0.1, 0.15) is 31.9 Å². The number of aliphatic hydroxyl groups is 4. The Morgan fingerprint density at radius 3 is 1.95 bits per heavy atom. The molecule has 1 saturated heterocycles. The lowest BCUT2D eigenvalue weighted by atomic mass is 9.87. The summed E-state index contributed by atoms with van der Waals surface area (Å²) < 4.78 is 18.5. The molecule has 3 aromatic carbocycles. The zero-order valence-electron chi connectivity index (χ0n) is 22.6. The minimum atomic E-state index is -2.87. The van der Waals surface area contributed by atoms with E-state index in [-0.39, 0.29) is 11.6 Å². The highest BCUT2D eigenvalue weighted by Crippen LogP contribution is 2.41. The summed E-state index contributed by atoms with van der Waals surface area (Å²) in [7, 11) is -1.54. The van der Waals surface area contributed by atoms with E-state index in [1.165, 1.54) is 7.11 Å². The molecule has 2 unspecified atom stereocenters. The van der Waals surface area contributed by atoms with Gasteiger partial charge in [0.05, 0.1) is 13.2 Å². The number of aliphatic hydroxyl groups excluding tert-OH is 4. The van der Waals surface area contributed by atoms with Crippen molar-refractivity contribution in [1.82, 2.24) is 0 Å². The molecule has 5 atom stereocenters. The third-order valence-electron chi connectivity index (χ3n) is 7.56. The van der Waals surface area contributed by atoms with E-state index in [1.54, 1.807) is 18.2 Å². The summed E-state index contributed by atoms with van der Waals surface area (Å²) in [6, 6.07) is 25.5. The molecule has 1 aliphatic rings. The second-order valence-electron chi connectivity index (χ2n) is 10.9. The van der Waals surface area contributed by atoms with Crippen LogP contribution in [0.4, 0.5) is 0 Å². The zero-order valence-corrected chi connectivity index (χ0v) is 24.4. The van der Waals surface area contributed by atoms with Crippen LogP contribution in [0.2, 0.25) is 10.1 Å². The van der Waals surface area contributed by atoms with Crippen molar-refractivity contribution >= 4 is 30.3 Å². The molecule has 1 fully saturated rings. The number of benzene rings is 3. The Morgan fingerprint density at radius 2 is 1.46 bits per heavy atom. The van der Waals surface area contributed by atoms with Gasteiger partial charge < -0.3 is 34.3 Å². The lowest BCUT2D eigenvalue weighted by molar-refractivity contribution is -0.366. The predicted molar refractivity (Wildman–Crippen MR) is 153 cm³/mol. The smallest absolute Gasteiger partial charge is 0.261 e. The summed E-state index contributed by atoms with van der Waals surface area (Å²) in [4.78, 5) is 0. The molecule has 4 N–H and O–H groups in total. The molecule has 0 saturated carbocycles. The average Bonchev–Trinajstić information content (AvgIpc) is 2.94. The lowest BCUT2D eigenvalue weighted by Crippen LogP contribution is -2.66. The van der Waals surface area contributed by atoms with Gasteiger partial charge in [0, 0.05) is 17.7 Å². The fourth-order valence-corrected chi connectivity index (χ4v) is 10.2. The Hall–Kier alpha value is -2.11. The van der Waals surface area contributed by atoms with Gasteiger partial charge in [0.15, 0.2) is 0 Å². The number of hydrogen-bond acceptors (Lipinski definition) is 7. The molecule has 9 heteroatoms. The Morgan fingerprint density at radius 1 is 0.897 bits per heavy atom. The van der Waals surface area contributed by atoms with Crippen LogP contribution in [-0.2, 0) is 26.3 Å². The number of hydrogen-bond donors (Lipinski definition) is 4. The van der Waals surface area contributed by atoms with Crippen LogP contribution in [0.3, 0.4) is 0 Å². The molecule has 0 spiro atoms. The van der Waals surface area contributed by atoms with Gasteiger partial charge in [-0.1, -0.05) is 99.1 Å². The maximum atomic E-state index is 10.9. The quantitative estimate of drug-likeness (QED) is 0.307. The standard InChI is InChI=1S/C30H37ClO7Si/c1-29(2,3)39(22-11-7-5-8-12-22,23-13-9-6-10-14-23)37-19-20-17-21(15-16-24(20)31)30(36-4)28(35)27(34)26(33)25(18-32)38-30/h5-17,25-28,32-35H,18-19H2,1-4H3/t25?,26-,27+,28?,30+/m1/s1. The van der Waals surface area contributed by atoms with Crippen LogP contribution in [0.5, 0.6) is 0 Å². The monoisotopic (exact) mass is 572 g/mol. The van der Waals surface area contributed by atoms with E-state index in [0.29, 0.717) is 16.1 Å². The van der Waals surface area contributed by atoms with Crippen LogP contribution < -0.4 is 10.4 Å². The molecule has 0 aliphatic carbocycles. The van der Waals surface area contributed by atoms with Gasteiger partial charge in [-0.3, -0.25) is 0 Å². The van der Waals surface area contributed by atoms with Gasteiger partial charge >= 0.3 is 0 Å². The first-order valence-corrected chi connectivity index (χ1v) is 15.2. The highest BCUT2D eigenvalue weighted by atomic mass is 35.5. The van der Waals surface area contributed by atoms with Crippen LogP contribution in [-0.4, -0.2) is 66.9 Å². The van der Waals surface area contributed by atoms with Crippen molar-refractivity contribution in [1.29, 1.82) is 0 Å². The molecule has 1 heterocycles. The summed E-state index contributed by atoms with van der Waals surface area (Å²) in [5.41, 5.74) is 1.00. The Balaban J connectivity index is 1.78. The van der Waals surface area contributed by atoms with Crippen molar-refractivity contribution < 1.29 is 34.3 Å². The Labute approximate surface area is 235 Å². The predicted octanol–water partition coefficient (Wildman–Crippen LogP) is 2.69. The largest absolute Gasteiger partial charge is 0.403 e. The molecule has 4 rings (SSSR count). The molecule has 1 aliphatic heterocycles. The molecule has 7 nitrogen and oxygen atoms in total. The van der Waals surface area contributed by atoms with Crippen molar-refractivity contribution in [2.45, 2.75) is 62.6 Å². The third kappa shape index (κ3) is 5.34. The maximum absolute atomic E-state index is 10.9. The third-order valence-corrected chi connectivity index (χ3v) is 12.9. The van der Waals surface area contributed by atoms with Gasteiger partial charge in [-0.15, -0.1) is 0 Å². The van der Waals surface area contributed by atoms with E-state index >= 15 is 0 Å². The first-order valence-electron chi connectivity index (χ1n) is 12.9. The topological polar surface area (TPSA) is 109 Å². The highest BCUT2D eigenvalue weighted by Gasteiger charge is 2.55. The number of halogens is 1. The number of ether oxygens (including phenoxy) is 2. The Kier molecular flexibility index (Phi) is 9.02. The Bertz CT molecular complexity index is 1200. The second-order valence-corrected chi connectivity index (χ2v) is 15.6. The summed E-state index contributed by atoms with van der Waals surface area (Å²) in [5.74, 6) is -1.84. The van der Waals surface area contributed by atoms with Crippen molar-refractivity contribution in [2.24, 2.45) is 0 Å². The van der Waals surface area contributed by atoms with Gasteiger partial charge in [0.25, 0.3) is 8.32 Å². The molecular weight excluding hydrogens is 536 g/mol. The summed E-state index contributed by atoms with van der Waals surface area (Å²) in [6.45, 7) is 6.14. The second kappa shape index (κ2) is 11.8. The van der Waals surface area contributed by atoms with Gasteiger partial charge in [0.2, 0.25) is 5.79 Å². The lowest BCUT2D eigenvalue weighted by Gasteiger charge is -2.47. The minimum absolute atomic E-state index is 0.157. The van der Waals surface area contributed by atoms with Crippen molar-refractivity contribution in [3.05, 3.63) is 95.0 Å². The molecule has 0 amide bonds. The van der Waals surface area contributed by atoms with E-state index in [0.717, 1.165) is 10.4 Å². The average molecular weight is 573 g/mol. The van der Waals surface area contributed by atoms with Crippen molar-refractivity contribution in [3.8, 4) is 0 Å². The molecule has 3 aromatic rings. The van der Waals surface area contributed by atoms with Crippen LogP contribution in [0, 0.1) is 0 Å². The molecule has 210 valence electrons. The van der Waals surface area contributed by atoms with Crippen molar-refractivity contribution in [3.63, 3.8) is 0 Å². The summed E-state index contributed by atoms with van der Waals surface area (Å²) >= 11 is 6.66. The van der Waals surface area contributed by atoms with Gasteiger partial charge in [-0.05, 0) is 33.1 Å². The molecule has 0 bridgehead atoms. The summed E-state index contributed by atoms with van der Waals surface area (Å²) in [6.07, 6.45) is -5.90. The fraction of sp³-hybridized carbons (Fsp3) is 0.400. The van der Waals surface area contributed by atoms with E-state index in [9.17, 15) is 20.4 Å². The first-order chi connectivity index (χ1) is 18.5. The maximum Gasteiger partial charge on any atom is 0.261 e. The normalized spacial score (nSPS) is 26.0. The molecular formula is C30H37ClO7Si. The van der Waals surface area contributed by atoms with Crippen LogP contribution in [0.15, 0.2) is 78.9 Å². The first kappa shape index (κ1) is 29.9. The fourth-order valence-electron chi connectivity index (χ4n) is 5.52. The van der Waals surface area contributed by atoms with Gasteiger partial charge in [0.1, 0.15) is 24.4 Å². The van der Waals surface area contributed by atoms with Crippen molar-refractivity contribution in [2.75, 3.05) is 13.7 Å². The molecule has 0 radical (unpaired) electrons. The number of rotatable bonds is 8. The minimum Gasteiger partial charge on any atom is -0.403 e. The van der Waals surface area contributed by atoms with E-state index < -0.39 is 45.1 Å².